The van der Waals surface area contributed by atoms with Crippen molar-refractivity contribution in [2.45, 2.75) is 6.92 Å². The van der Waals surface area contributed by atoms with E-state index in [4.69, 9.17) is 23.2 Å². The van der Waals surface area contributed by atoms with Crippen LogP contribution in [0.15, 0.2) is 54.6 Å². The molecule has 0 aliphatic carbocycles. The van der Waals surface area contributed by atoms with E-state index in [1.54, 1.807) is 30.3 Å². The number of hydrogen-bond acceptors (Lipinski definition) is 2. The predicted octanol–water partition coefficient (Wildman–Crippen LogP) is 5.75. The van der Waals surface area contributed by atoms with Crippen LogP contribution in [-0.4, -0.2) is 10.8 Å². The summed E-state index contributed by atoms with van der Waals surface area (Å²) in [5, 5.41) is 1.97. The first-order valence-corrected chi connectivity index (χ1v) is 7.83. The number of carbonyl (C=O) groups excluding carboxylic acids is 1. The molecule has 0 unspecified atom stereocenters. The summed E-state index contributed by atoms with van der Waals surface area (Å²) in [6.45, 7) is 2.02. The molecule has 3 aromatic rings. The summed E-state index contributed by atoms with van der Waals surface area (Å²) in [6.07, 6.45) is 3.18. The molecule has 0 atom stereocenters. The molecular formula is C19H13Cl2NO. The largest absolute Gasteiger partial charge is 0.289 e. The summed E-state index contributed by atoms with van der Waals surface area (Å²) >= 11 is 12.0. The first kappa shape index (κ1) is 15.7. The summed E-state index contributed by atoms with van der Waals surface area (Å²) < 4.78 is 0. The highest BCUT2D eigenvalue weighted by atomic mass is 35.5. The maximum Gasteiger partial charge on any atom is 0.185 e. The molecule has 2 aromatic carbocycles. The predicted molar refractivity (Wildman–Crippen MR) is 96.3 cm³/mol. The van der Waals surface area contributed by atoms with Gasteiger partial charge in [0, 0.05) is 21.5 Å². The van der Waals surface area contributed by atoms with E-state index < -0.39 is 0 Å². The molecule has 0 saturated carbocycles. The summed E-state index contributed by atoms with van der Waals surface area (Å²) in [6, 6.07) is 14.7. The van der Waals surface area contributed by atoms with Crippen LogP contribution in [0.4, 0.5) is 0 Å². The SMILES string of the molecule is Cc1ccc2nc(Cl)c(/C=C/C(=O)c3ccc(Cl)cc3)cc2c1. The molecule has 0 spiro atoms. The van der Waals surface area contributed by atoms with Crippen molar-refractivity contribution in [2.24, 2.45) is 0 Å². The van der Waals surface area contributed by atoms with Crippen LogP contribution in [0.5, 0.6) is 0 Å². The third-order valence-electron chi connectivity index (χ3n) is 3.49. The summed E-state index contributed by atoms with van der Waals surface area (Å²) in [5.74, 6) is -0.109. The van der Waals surface area contributed by atoms with Gasteiger partial charge in [-0.15, -0.1) is 0 Å². The zero-order valence-electron chi connectivity index (χ0n) is 12.4. The second-order valence-electron chi connectivity index (χ2n) is 5.27. The van der Waals surface area contributed by atoms with Crippen LogP contribution in [0, 0.1) is 6.92 Å². The van der Waals surface area contributed by atoms with Crippen molar-refractivity contribution in [3.8, 4) is 0 Å². The molecular weight excluding hydrogens is 329 g/mol. The highest BCUT2D eigenvalue weighted by molar-refractivity contribution is 6.31. The molecule has 0 saturated heterocycles. The van der Waals surface area contributed by atoms with Crippen LogP contribution in [0.25, 0.3) is 17.0 Å². The van der Waals surface area contributed by atoms with Gasteiger partial charge in [-0.25, -0.2) is 4.98 Å². The number of benzene rings is 2. The number of nitrogens with zero attached hydrogens (tertiary/aromatic N) is 1. The summed E-state index contributed by atoms with van der Waals surface area (Å²) in [7, 11) is 0. The van der Waals surface area contributed by atoms with E-state index in [1.165, 1.54) is 6.08 Å². The van der Waals surface area contributed by atoms with Crippen LogP contribution in [0.1, 0.15) is 21.5 Å². The van der Waals surface area contributed by atoms with Crippen LogP contribution >= 0.6 is 23.2 Å². The molecule has 0 N–H and O–H groups in total. The standard InChI is InChI=1S/C19H13Cl2NO/c1-12-2-8-17-15(10-12)11-14(19(21)22-17)5-9-18(23)13-3-6-16(20)7-4-13/h2-11H,1H3/b9-5+. The van der Waals surface area contributed by atoms with Gasteiger partial charge in [-0.1, -0.05) is 34.8 Å². The minimum atomic E-state index is -0.109. The number of halogens is 2. The number of fused-ring (bicyclic) bond motifs is 1. The maximum atomic E-state index is 12.2. The van der Waals surface area contributed by atoms with E-state index >= 15 is 0 Å². The van der Waals surface area contributed by atoms with Gasteiger partial charge >= 0.3 is 0 Å². The quantitative estimate of drug-likeness (QED) is 0.345. The van der Waals surface area contributed by atoms with Crippen LogP contribution in [-0.2, 0) is 0 Å². The molecule has 1 heterocycles. The average molecular weight is 342 g/mol. The number of hydrogen-bond donors (Lipinski definition) is 0. The Balaban J connectivity index is 1.92. The lowest BCUT2D eigenvalue weighted by Crippen LogP contribution is -1.93. The number of rotatable bonds is 3. The molecule has 0 bridgehead atoms. The Labute approximate surface area is 144 Å². The molecule has 114 valence electrons. The number of allylic oxidation sites excluding steroid dienone is 1. The van der Waals surface area contributed by atoms with E-state index in [0.717, 1.165) is 16.5 Å². The van der Waals surface area contributed by atoms with Gasteiger partial charge in [-0.2, -0.15) is 0 Å². The highest BCUT2D eigenvalue weighted by Crippen LogP contribution is 2.23. The van der Waals surface area contributed by atoms with Gasteiger partial charge in [0.05, 0.1) is 5.52 Å². The van der Waals surface area contributed by atoms with Crippen molar-refractivity contribution in [2.75, 3.05) is 0 Å². The second-order valence-corrected chi connectivity index (χ2v) is 6.06. The van der Waals surface area contributed by atoms with Gasteiger partial charge in [0.2, 0.25) is 0 Å². The van der Waals surface area contributed by atoms with Crippen LogP contribution < -0.4 is 0 Å². The number of carbonyl (C=O) groups is 1. The molecule has 3 rings (SSSR count). The van der Waals surface area contributed by atoms with Gasteiger partial charge in [0.15, 0.2) is 5.78 Å². The Kier molecular flexibility index (Phi) is 4.46. The Hall–Kier alpha value is -2.16. The fourth-order valence-corrected chi connectivity index (χ4v) is 2.62. The molecule has 2 nitrogen and oxygen atoms in total. The highest BCUT2D eigenvalue weighted by Gasteiger charge is 2.05. The normalized spacial score (nSPS) is 11.3. The first-order chi connectivity index (χ1) is 11.0. The van der Waals surface area contributed by atoms with Crippen molar-refractivity contribution in [3.63, 3.8) is 0 Å². The zero-order valence-corrected chi connectivity index (χ0v) is 13.9. The molecule has 1 aromatic heterocycles. The Morgan fingerprint density at radius 3 is 2.52 bits per heavy atom. The van der Waals surface area contributed by atoms with E-state index in [2.05, 4.69) is 4.98 Å². The van der Waals surface area contributed by atoms with Crippen molar-refractivity contribution in [1.82, 2.24) is 4.98 Å². The van der Waals surface area contributed by atoms with Crippen LogP contribution in [0.2, 0.25) is 10.2 Å². The molecule has 0 aliphatic rings. The zero-order chi connectivity index (χ0) is 16.4. The maximum absolute atomic E-state index is 12.2. The van der Waals surface area contributed by atoms with Crippen LogP contribution in [0.3, 0.4) is 0 Å². The third-order valence-corrected chi connectivity index (χ3v) is 4.05. The molecule has 4 heteroatoms. The molecule has 0 radical (unpaired) electrons. The van der Waals surface area contributed by atoms with Gasteiger partial charge in [-0.3, -0.25) is 4.79 Å². The lowest BCUT2D eigenvalue weighted by atomic mass is 10.1. The van der Waals surface area contributed by atoms with E-state index in [1.807, 2.05) is 31.2 Å². The van der Waals surface area contributed by atoms with Crippen molar-refractivity contribution in [1.29, 1.82) is 0 Å². The molecule has 0 fully saturated rings. The van der Waals surface area contributed by atoms with Crippen molar-refractivity contribution in [3.05, 3.63) is 81.5 Å². The van der Waals surface area contributed by atoms with Crippen molar-refractivity contribution >= 4 is 46.0 Å². The second kappa shape index (κ2) is 6.53. The smallest absolute Gasteiger partial charge is 0.185 e. The van der Waals surface area contributed by atoms with E-state index in [0.29, 0.717) is 21.3 Å². The minimum absolute atomic E-state index is 0.109. The van der Waals surface area contributed by atoms with Gasteiger partial charge in [0.25, 0.3) is 0 Å². The fraction of sp³-hybridized carbons (Fsp3) is 0.0526. The first-order valence-electron chi connectivity index (χ1n) is 7.08. The lowest BCUT2D eigenvalue weighted by Gasteiger charge is -2.03. The number of aromatic nitrogens is 1. The molecule has 23 heavy (non-hydrogen) atoms. The van der Waals surface area contributed by atoms with Crippen molar-refractivity contribution < 1.29 is 4.79 Å². The fourth-order valence-electron chi connectivity index (χ4n) is 2.28. The van der Waals surface area contributed by atoms with E-state index in [-0.39, 0.29) is 5.78 Å². The Morgan fingerprint density at radius 1 is 1.04 bits per heavy atom. The Morgan fingerprint density at radius 2 is 1.78 bits per heavy atom. The third kappa shape index (κ3) is 3.61. The van der Waals surface area contributed by atoms with Gasteiger partial charge in [-0.05, 0) is 61.5 Å². The molecule has 0 amide bonds. The van der Waals surface area contributed by atoms with E-state index in [9.17, 15) is 4.79 Å². The molecule has 0 aliphatic heterocycles. The number of ketones is 1. The minimum Gasteiger partial charge on any atom is -0.289 e. The summed E-state index contributed by atoms with van der Waals surface area (Å²) in [4.78, 5) is 16.5. The van der Waals surface area contributed by atoms with Gasteiger partial charge < -0.3 is 0 Å². The van der Waals surface area contributed by atoms with Gasteiger partial charge in [0.1, 0.15) is 5.15 Å². The number of aryl methyl sites for hydroxylation is 1. The Bertz CT molecular complexity index is 915. The summed E-state index contributed by atoms with van der Waals surface area (Å²) in [5.41, 5.74) is 3.27. The number of pyridine rings is 1. The average Bonchev–Trinajstić information content (AvgIpc) is 2.53. The monoisotopic (exact) mass is 341 g/mol. The topological polar surface area (TPSA) is 30.0 Å². The lowest BCUT2D eigenvalue weighted by molar-refractivity contribution is 0.104.